The highest BCUT2D eigenvalue weighted by Gasteiger charge is 2.22. The van der Waals surface area contributed by atoms with E-state index in [1.807, 2.05) is 0 Å². The van der Waals surface area contributed by atoms with Gasteiger partial charge in [-0.3, -0.25) is 4.79 Å². The Morgan fingerprint density at radius 2 is 1.88 bits per heavy atom. The van der Waals surface area contributed by atoms with Crippen molar-refractivity contribution in [2.75, 3.05) is 14.2 Å². The van der Waals surface area contributed by atoms with Crippen LogP contribution in [0.25, 0.3) is 0 Å². The highest BCUT2D eigenvalue weighted by molar-refractivity contribution is 6.30. The van der Waals surface area contributed by atoms with Crippen LogP contribution < -0.4 is 0 Å². The number of halogens is 1. The van der Waals surface area contributed by atoms with Gasteiger partial charge in [0.1, 0.15) is 0 Å². The van der Waals surface area contributed by atoms with Crippen LogP contribution in [0.4, 0.5) is 0 Å². The molecule has 0 aromatic heterocycles. The Kier molecular flexibility index (Phi) is 4.52. The minimum atomic E-state index is -0.576. The van der Waals surface area contributed by atoms with Gasteiger partial charge in [-0.05, 0) is 30.7 Å². The zero-order valence-electron chi connectivity index (χ0n) is 9.82. The molecule has 0 radical (unpaired) electrons. The van der Waals surface area contributed by atoms with E-state index in [2.05, 4.69) is 9.47 Å². The molecule has 1 aromatic carbocycles. The summed E-state index contributed by atoms with van der Waals surface area (Å²) in [5.41, 5.74) is 0.811. The number of benzene rings is 1. The minimum absolute atomic E-state index is 0.315. The summed E-state index contributed by atoms with van der Waals surface area (Å²) in [6.07, 6.45) is 0. The topological polar surface area (TPSA) is 52.6 Å². The third-order valence-electron chi connectivity index (χ3n) is 2.44. The van der Waals surface area contributed by atoms with Crippen molar-refractivity contribution in [1.82, 2.24) is 0 Å². The largest absolute Gasteiger partial charge is 0.469 e. The lowest BCUT2D eigenvalue weighted by molar-refractivity contribution is -0.141. The molecule has 1 rings (SSSR count). The summed E-state index contributed by atoms with van der Waals surface area (Å²) in [4.78, 5) is 23.0. The van der Waals surface area contributed by atoms with Crippen molar-refractivity contribution in [3.63, 3.8) is 0 Å². The average Bonchev–Trinajstić information content (AvgIpc) is 2.35. The van der Waals surface area contributed by atoms with Crippen LogP contribution in [-0.2, 0) is 14.3 Å². The Bertz CT molecular complexity index is 442. The molecule has 5 heteroatoms. The normalized spacial score (nSPS) is 11.8. The lowest BCUT2D eigenvalue weighted by atomic mass is 9.96. The lowest BCUT2D eigenvalue weighted by Crippen LogP contribution is -2.15. The van der Waals surface area contributed by atoms with Gasteiger partial charge in [0.05, 0.1) is 25.7 Å². The molecule has 92 valence electrons. The molecule has 1 atom stereocenters. The molecule has 0 aliphatic rings. The van der Waals surface area contributed by atoms with Crippen molar-refractivity contribution >= 4 is 23.5 Å². The Morgan fingerprint density at radius 3 is 2.41 bits per heavy atom. The zero-order valence-corrected chi connectivity index (χ0v) is 10.6. The first-order valence-electron chi connectivity index (χ1n) is 4.96. The lowest BCUT2D eigenvalue weighted by Gasteiger charge is -2.13. The van der Waals surface area contributed by atoms with Gasteiger partial charge in [0, 0.05) is 5.02 Å². The molecule has 0 heterocycles. The van der Waals surface area contributed by atoms with Gasteiger partial charge in [0.25, 0.3) is 0 Å². The Hall–Kier alpha value is -1.55. The second kappa shape index (κ2) is 5.68. The molecule has 0 N–H and O–H groups in total. The maximum atomic E-state index is 11.5. The number of carbonyl (C=O) groups excluding carboxylic acids is 2. The predicted molar refractivity (Wildman–Crippen MR) is 63.2 cm³/mol. The summed E-state index contributed by atoms with van der Waals surface area (Å²) >= 11 is 5.85. The van der Waals surface area contributed by atoms with Gasteiger partial charge in [0.2, 0.25) is 0 Å². The third kappa shape index (κ3) is 2.97. The molecule has 0 saturated heterocycles. The minimum Gasteiger partial charge on any atom is -0.469 e. The Morgan fingerprint density at radius 1 is 1.24 bits per heavy atom. The van der Waals surface area contributed by atoms with Gasteiger partial charge in [-0.15, -0.1) is 0 Å². The SMILES string of the molecule is COC(=O)c1ccc(Cl)cc1C(C)C(=O)OC. The maximum Gasteiger partial charge on any atom is 0.338 e. The molecular formula is C12H13ClO4. The third-order valence-corrected chi connectivity index (χ3v) is 2.68. The zero-order chi connectivity index (χ0) is 13.0. The van der Waals surface area contributed by atoms with Crippen molar-refractivity contribution in [3.8, 4) is 0 Å². The molecule has 4 nitrogen and oxygen atoms in total. The van der Waals surface area contributed by atoms with Crippen molar-refractivity contribution < 1.29 is 19.1 Å². The van der Waals surface area contributed by atoms with Crippen molar-refractivity contribution in [2.45, 2.75) is 12.8 Å². The van der Waals surface area contributed by atoms with Crippen molar-refractivity contribution in [3.05, 3.63) is 34.3 Å². The summed E-state index contributed by atoms with van der Waals surface area (Å²) in [5, 5.41) is 0.448. The molecule has 0 aliphatic heterocycles. The summed E-state index contributed by atoms with van der Waals surface area (Å²) in [6, 6.07) is 4.67. The molecule has 0 amide bonds. The van der Waals surface area contributed by atoms with E-state index in [9.17, 15) is 9.59 Å². The van der Waals surface area contributed by atoms with E-state index in [-0.39, 0.29) is 0 Å². The molecule has 1 aromatic rings. The van der Waals surface area contributed by atoms with E-state index < -0.39 is 17.9 Å². The van der Waals surface area contributed by atoms with Crippen molar-refractivity contribution in [2.24, 2.45) is 0 Å². The van der Waals surface area contributed by atoms with E-state index in [0.29, 0.717) is 16.1 Å². The van der Waals surface area contributed by atoms with Crippen LogP contribution in [0.2, 0.25) is 5.02 Å². The monoisotopic (exact) mass is 256 g/mol. The maximum absolute atomic E-state index is 11.5. The van der Waals surface area contributed by atoms with E-state index >= 15 is 0 Å². The van der Waals surface area contributed by atoms with E-state index in [1.54, 1.807) is 19.1 Å². The Labute approximate surface area is 104 Å². The molecule has 0 saturated carbocycles. The quantitative estimate of drug-likeness (QED) is 0.780. The molecule has 0 fully saturated rings. The molecule has 17 heavy (non-hydrogen) atoms. The van der Waals surface area contributed by atoms with Gasteiger partial charge in [0.15, 0.2) is 0 Å². The van der Waals surface area contributed by atoms with Gasteiger partial charge in [-0.1, -0.05) is 11.6 Å². The first kappa shape index (κ1) is 13.5. The molecular weight excluding hydrogens is 244 g/mol. The summed E-state index contributed by atoms with van der Waals surface area (Å²) < 4.78 is 9.29. The fourth-order valence-corrected chi connectivity index (χ4v) is 1.67. The van der Waals surface area contributed by atoms with Gasteiger partial charge >= 0.3 is 11.9 Å². The first-order valence-corrected chi connectivity index (χ1v) is 5.34. The molecule has 0 spiro atoms. The average molecular weight is 257 g/mol. The fourth-order valence-electron chi connectivity index (χ4n) is 1.49. The molecule has 0 bridgehead atoms. The number of hydrogen-bond donors (Lipinski definition) is 0. The van der Waals surface area contributed by atoms with Crippen LogP contribution in [0, 0.1) is 0 Å². The molecule has 1 unspecified atom stereocenters. The fraction of sp³-hybridized carbons (Fsp3) is 0.333. The van der Waals surface area contributed by atoms with Gasteiger partial charge in [-0.25, -0.2) is 4.79 Å². The van der Waals surface area contributed by atoms with Gasteiger partial charge in [-0.2, -0.15) is 0 Å². The van der Waals surface area contributed by atoms with E-state index in [0.717, 1.165) is 0 Å². The van der Waals surface area contributed by atoms with Crippen LogP contribution in [0.5, 0.6) is 0 Å². The summed E-state index contributed by atoms with van der Waals surface area (Å²) in [7, 11) is 2.57. The second-order valence-corrected chi connectivity index (χ2v) is 3.90. The number of hydrogen-bond acceptors (Lipinski definition) is 4. The number of ether oxygens (including phenoxy) is 2. The standard InChI is InChI=1S/C12H13ClO4/c1-7(11(14)16-2)10-6-8(13)4-5-9(10)12(15)17-3/h4-7H,1-3H3. The predicted octanol–water partition coefficient (Wildman–Crippen LogP) is 2.40. The first-order chi connectivity index (χ1) is 8.01. The van der Waals surface area contributed by atoms with Crippen LogP contribution in [0.3, 0.4) is 0 Å². The Balaban J connectivity index is 3.24. The molecule has 0 aliphatic carbocycles. The van der Waals surface area contributed by atoms with Crippen molar-refractivity contribution in [1.29, 1.82) is 0 Å². The number of esters is 2. The highest BCUT2D eigenvalue weighted by Crippen LogP contribution is 2.25. The summed E-state index contributed by atoms with van der Waals surface area (Å²) in [6.45, 7) is 1.64. The number of carbonyl (C=O) groups is 2. The van der Waals surface area contributed by atoms with Crippen LogP contribution >= 0.6 is 11.6 Å². The van der Waals surface area contributed by atoms with E-state index in [4.69, 9.17) is 11.6 Å². The van der Waals surface area contributed by atoms with Crippen LogP contribution in [-0.4, -0.2) is 26.2 Å². The van der Waals surface area contributed by atoms with Crippen LogP contribution in [0.15, 0.2) is 18.2 Å². The summed E-state index contributed by atoms with van der Waals surface area (Å²) in [5.74, 6) is -1.52. The number of methoxy groups -OCH3 is 2. The highest BCUT2D eigenvalue weighted by atomic mass is 35.5. The van der Waals surface area contributed by atoms with Gasteiger partial charge < -0.3 is 9.47 Å². The second-order valence-electron chi connectivity index (χ2n) is 3.47. The van der Waals surface area contributed by atoms with E-state index in [1.165, 1.54) is 20.3 Å². The smallest absolute Gasteiger partial charge is 0.338 e. The number of rotatable bonds is 3. The van der Waals surface area contributed by atoms with Crippen LogP contribution in [0.1, 0.15) is 28.8 Å².